The zero-order valence-electron chi connectivity index (χ0n) is 9.93. The van der Waals surface area contributed by atoms with Gasteiger partial charge in [-0.2, -0.15) is 0 Å². The minimum Gasteiger partial charge on any atom is -0.478 e. The van der Waals surface area contributed by atoms with E-state index in [-0.39, 0.29) is 11.1 Å². The number of fused-ring (bicyclic) bond motifs is 1. The summed E-state index contributed by atoms with van der Waals surface area (Å²) >= 11 is 0. The van der Waals surface area contributed by atoms with Crippen molar-refractivity contribution in [1.29, 1.82) is 0 Å². The molecule has 0 unspecified atom stereocenters. The van der Waals surface area contributed by atoms with Crippen LogP contribution >= 0.6 is 0 Å². The molecule has 5 heteroatoms. The van der Waals surface area contributed by atoms with Gasteiger partial charge in [0.25, 0.3) is 0 Å². The Hall–Kier alpha value is -2.43. The molecule has 92 valence electrons. The number of nitrogens with zero attached hydrogens (tertiary/aromatic N) is 1. The number of carboxylic acid groups (broad SMARTS) is 1. The van der Waals surface area contributed by atoms with Crippen LogP contribution in [0.1, 0.15) is 26.4 Å². The summed E-state index contributed by atoms with van der Waals surface area (Å²) < 4.78 is 4.59. The zero-order chi connectivity index (χ0) is 13.3. The summed E-state index contributed by atoms with van der Waals surface area (Å²) in [5.74, 6) is -1.66. The highest BCUT2D eigenvalue weighted by Crippen LogP contribution is 2.22. The summed E-state index contributed by atoms with van der Waals surface area (Å²) in [6, 6.07) is 4.57. The molecule has 0 atom stereocenters. The average Bonchev–Trinajstić information content (AvgIpc) is 2.36. The molecule has 0 radical (unpaired) electrons. The Morgan fingerprint density at radius 2 is 2.00 bits per heavy atom. The fraction of sp³-hybridized carbons (Fsp3) is 0.154. The Morgan fingerprint density at radius 1 is 1.28 bits per heavy atom. The number of carbonyl (C=O) groups excluding carboxylic acids is 1. The van der Waals surface area contributed by atoms with Gasteiger partial charge in [0.1, 0.15) is 0 Å². The van der Waals surface area contributed by atoms with Crippen molar-refractivity contribution >= 4 is 22.7 Å². The molecule has 0 saturated carbocycles. The van der Waals surface area contributed by atoms with Crippen LogP contribution in [0.25, 0.3) is 10.8 Å². The number of methoxy groups -OCH3 is 1. The second-order valence-electron chi connectivity index (χ2n) is 3.87. The van der Waals surface area contributed by atoms with Crippen LogP contribution in [-0.4, -0.2) is 29.1 Å². The molecule has 18 heavy (non-hydrogen) atoms. The van der Waals surface area contributed by atoms with Gasteiger partial charge in [-0.1, -0.05) is 0 Å². The van der Waals surface area contributed by atoms with Crippen molar-refractivity contribution in [2.75, 3.05) is 7.11 Å². The highest BCUT2D eigenvalue weighted by atomic mass is 16.5. The maximum atomic E-state index is 11.5. The fourth-order valence-electron chi connectivity index (χ4n) is 1.77. The molecule has 0 bridgehead atoms. The molecule has 2 rings (SSSR count). The second-order valence-corrected chi connectivity index (χ2v) is 3.87. The highest BCUT2D eigenvalue weighted by molar-refractivity contribution is 6.07. The third-order valence-electron chi connectivity index (χ3n) is 2.62. The Balaban J connectivity index is 2.78. The lowest BCUT2D eigenvalue weighted by molar-refractivity contribution is 0.0601. The van der Waals surface area contributed by atoms with Crippen molar-refractivity contribution in [1.82, 2.24) is 4.98 Å². The fourth-order valence-corrected chi connectivity index (χ4v) is 1.77. The number of hydrogen-bond donors (Lipinski definition) is 1. The number of carboxylic acids is 1. The van der Waals surface area contributed by atoms with Gasteiger partial charge in [0.2, 0.25) is 0 Å². The summed E-state index contributed by atoms with van der Waals surface area (Å²) in [4.78, 5) is 26.8. The molecular formula is C13H11NO4. The highest BCUT2D eigenvalue weighted by Gasteiger charge is 2.15. The van der Waals surface area contributed by atoms with E-state index in [1.54, 1.807) is 25.3 Å². The molecule has 1 N–H and O–H groups in total. The summed E-state index contributed by atoms with van der Waals surface area (Å²) in [5, 5.41) is 10.3. The molecule has 1 heterocycles. The number of benzene rings is 1. The summed E-state index contributed by atoms with van der Waals surface area (Å²) in [6.45, 7) is 1.78. The number of aromatic carboxylic acids is 1. The maximum absolute atomic E-state index is 11.5. The molecule has 5 nitrogen and oxygen atoms in total. The number of pyridine rings is 1. The molecule has 1 aromatic carbocycles. The standard InChI is InChI=1S/C13H11NO4/c1-7-3-10-9(6-14-7)4-8(13(17)18-2)5-11(10)12(15)16/h3-6H,1-2H3,(H,15,16). The van der Waals surface area contributed by atoms with Crippen molar-refractivity contribution in [3.8, 4) is 0 Å². The van der Waals surface area contributed by atoms with Gasteiger partial charge in [-0.15, -0.1) is 0 Å². The van der Waals surface area contributed by atoms with Gasteiger partial charge in [-0.3, -0.25) is 4.98 Å². The van der Waals surface area contributed by atoms with Crippen LogP contribution < -0.4 is 0 Å². The molecule has 1 aromatic heterocycles. The minimum atomic E-state index is -1.09. The average molecular weight is 245 g/mol. The van der Waals surface area contributed by atoms with Crippen molar-refractivity contribution in [3.05, 3.63) is 41.2 Å². The van der Waals surface area contributed by atoms with Crippen LogP contribution in [0.5, 0.6) is 0 Å². The number of esters is 1. The zero-order valence-corrected chi connectivity index (χ0v) is 9.93. The van der Waals surface area contributed by atoms with E-state index in [1.807, 2.05) is 0 Å². The number of rotatable bonds is 2. The minimum absolute atomic E-state index is 0.0680. The summed E-state index contributed by atoms with van der Waals surface area (Å²) in [7, 11) is 1.25. The van der Waals surface area contributed by atoms with Gasteiger partial charge < -0.3 is 9.84 Å². The van der Waals surface area contributed by atoms with Gasteiger partial charge in [0, 0.05) is 17.3 Å². The Labute approximate surface area is 103 Å². The van der Waals surface area contributed by atoms with Crippen LogP contribution in [0.4, 0.5) is 0 Å². The number of hydrogen-bond acceptors (Lipinski definition) is 4. The molecule has 0 aliphatic rings. The number of ether oxygens (including phenoxy) is 1. The third-order valence-corrected chi connectivity index (χ3v) is 2.62. The second kappa shape index (κ2) is 4.44. The maximum Gasteiger partial charge on any atom is 0.337 e. The van der Waals surface area contributed by atoms with E-state index in [2.05, 4.69) is 9.72 Å². The first kappa shape index (κ1) is 12.0. The first-order valence-electron chi connectivity index (χ1n) is 5.25. The van der Waals surface area contributed by atoms with Crippen LogP contribution in [-0.2, 0) is 4.74 Å². The third kappa shape index (κ3) is 2.02. The lowest BCUT2D eigenvalue weighted by Crippen LogP contribution is -2.05. The van der Waals surface area contributed by atoms with Crippen LogP contribution in [0.2, 0.25) is 0 Å². The van der Waals surface area contributed by atoms with Crippen molar-refractivity contribution in [2.45, 2.75) is 6.92 Å². The van der Waals surface area contributed by atoms with Crippen LogP contribution in [0, 0.1) is 6.92 Å². The molecule has 0 amide bonds. The van der Waals surface area contributed by atoms with E-state index < -0.39 is 11.9 Å². The van der Waals surface area contributed by atoms with E-state index in [4.69, 9.17) is 0 Å². The number of aromatic nitrogens is 1. The van der Waals surface area contributed by atoms with Crippen molar-refractivity contribution < 1.29 is 19.4 Å². The molecule has 0 fully saturated rings. The van der Waals surface area contributed by atoms with E-state index in [9.17, 15) is 14.7 Å². The lowest BCUT2D eigenvalue weighted by Gasteiger charge is -2.06. The number of carbonyl (C=O) groups is 2. The lowest BCUT2D eigenvalue weighted by atomic mass is 10.0. The van der Waals surface area contributed by atoms with E-state index in [0.29, 0.717) is 10.8 Å². The SMILES string of the molecule is COC(=O)c1cc(C(=O)O)c2cc(C)ncc2c1. The quantitative estimate of drug-likeness (QED) is 0.819. The van der Waals surface area contributed by atoms with Gasteiger partial charge in [0.05, 0.1) is 18.2 Å². The number of aryl methyl sites for hydroxylation is 1. The van der Waals surface area contributed by atoms with Gasteiger partial charge in [0.15, 0.2) is 0 Å². The van der Waals surface area contributed by atoms with E-state index in [0.717, 1.165) is 5.69 Å². The van der Waals surface area contributed by atoms with Gasteiger partial charge >= 0.3 is 11.9 Å². The smallest absolute Gasteiger partial charge is 0.337 e. The summed E-state index contributed by atoms with van der Waals surface area (Å²) in [5.41, 5.74) is 0.988. The normalized spacial score (nSPS) is 10.3. The Bertz CT molecular complexity index is 649. The van der Waals surface area contributed by atoms with Crippen molar-refractivity contribution in [2.24, 2.45) is 0 Å². The first-order valence-corrected chi connectivity index (χ1v) is 5.25. The van der Waals surface area contributed by atoms with E-state index in [1.165, 1.54) is 13.2 Å². The molecule has 0 spiro atoms. The predicted octanol–water partition coefficient (Wildman–Crippen LogP) is 2.03. The van der Waals surface area contributed by atoms with Crippen LogP contribution in [0.3, 0.4) is 0 Å². The Morgan fingerprint density at radius 3 is 2.61 bits per heavy atom. The first-order chi connectivity index (χ1) is 8.52. The Kier molecular flexibility index (Phi) is 2.97. The molecular weight excluding hydrogens is 234 g/mol. The van der Waals surface area contributed by atoms with Crippen LogP contribution in [0.15, 0.2) is 24.4 Å². The van der Waals surface area contributed by atoms with E-state index >= 15 is 0 Å². The summed E-state index contributed by atoms with van der Waals surface area (Å²) in [6.07, 6.45) is 1.55. The molecule has 2 aromatic rings. The van der Waals surface area contributed by atoms with Crippen molar-refractivity contribution in [3.63, 3.8) is 0 Å². The largest absolute Gasteiger partial charge is 0.478 e. The molecule has 0 aliphatic carbocycles. The predicted molar refractivity (Wildman–Crippen MR) is 64.8 cm³/mol. The van der Waals surface area contributed by atoms with Gasteiger partial charge in [-0.05, 0) is 30.5 Å². The monoisotopic (exact) mass is 245 g/mol. The topological polar surface area (TPSA) is 76.5 Å². The molecule has 0 aliphatic heterocycles. The molecule has 0 saturated heterocycles. The van der Waals surface area contributed by atoms with Gasteiger partial charge in [-0.25, -0.2) is 9.59 Å².